The molecule has 0 fully saturated rings. The van der Waals surface area contributed by atoms with Crippen LogP contribution in [0.15, 0.2) is 12.1 Å². The maximum absolute atomic E-state index is 13.4. The van der Waals surface area contributed by atoms with Crippen LogP contribution in [0.3, 0.4) is 0 Å². The second kappa shape index (κ2) is 6.27. The molecule has 0 atom stereocenters. The minimum Gasteiger partial charge on any atom is -0.465 e. The van der Waals surface area contributed by atoms with Crippen LogP contribution < -0.4 is 0 Å². The van der Waals surface area contributed by atoms with E-state index in [4.69, 9.17) is 16.3 Å². The molecule has 0 bridgehead atoms. The smallest absolute Gasteiger partial charge is 0.317 e. The molecule has 0 radical (unpaired) electrons. The van der Waals surface area contributed by atoms with Crippen molar-refractivity contribution in [1.29, 1.82) is 0 Å². The topological polar surface area (TPSA) is 26.3 Å². The summed E-state index contributed by atoms with van der Waals surface area (Å²) in [7, 11) is 0. The third kappa shape index (κ3) is 4.08. The summed E-state index contributed by atoms with van der Waals surface area (Å²) in [4.78, 5) is 11.0. The van der Waals surface area contributed by atoms with Gasteiger partial charge in [-0.25, -0.2) is 4.39 Å². The normalized spacial score (nSPS) is 9.41. The Morgan fingerprint density at radius 2 is 2.24 bits per heavy atom. The van der Waals surface area contributed by atoms with Gasteiger partial charge in [0.05, 0.1) is 12.2 Å². The number of aryl methyl sites for hydroxylation is 1. The Bertz CT molecular complexity index is 486. The lowest BCUT2D eigenvalue weighted by Gasteiger charge is -2.00. The number of carbonyl (C=O) groups excluding carboxylic acids is 1. The highest BCUT2D eigenvalue weighted by Gasteiger charge is 2.03. The lowest BCUT2D eigenvalue weighted by Crippen LogP contribution is -2.01. The maximum atomic E-state index is 13.4. The van der Waals surface area contributed by atoms with Crippen molar-refractivity contribution < 1.29 is 13.9 Å². The maximum Gasteiger partial charge on any atom is 0.317 e. The van der Waals surface area contributed by atoms with E-state index in [2.05, 4.69) is 11.8 Å². The number of hydrogen-bond acceptors (Lipinski definition) is 2. The summed E-state index contributed by atoms with van der Waals surface area (Å²) < 4.78 is 18.1. The molecule has 0 aromatic heterocycles. The number of hydrogen-bond donors (Lipinski definition) is 0. The van der Waals surface area contributed by atoms with Gasteiger partial charge in [-0.2, -0.15) is 0 Å². The van der Waals surface area contributed by atoms with Gasteiger partial charge < -0.3 is 4.74 Å². The molecule has 1 rings (SSSR count). The van der Waals surface area contributed by atoms with E-state index in [9.17, 15) is 9.18 Å². The molecule has 0 aliphatic heterocycles. The first kappa shape index (κ1) is 13.5. The van der Waals surface area contributed by atoms with Gasteiger partial charge in [-0.3, -0.25) is 4.79 Å². The molecule has 0 heterocycles. The van der Waals surface area contributed by atoms with Crippen molar-refractivity contribution in [1.82, 2.24) is 0 Å². The summed E-state index contributed by atoms with van der Waals surface area (Å²) in [5.41, 5.74) is 0.977. The van der Waals surface area contributed by atoms with Crippen molar-refractivity contribution in [2.24, 2.45) is 0 Å². The summed E-state index contributed by atoms with van der Waals surface area (Å²) in [6.07, 6.45) is -0.0467. The Balaban J connectivity index is 2.79. The number of carbonyl (C=O) groups is 1. The Kier molecular flexibility index (Phi) is 4.99. The number of rotatable bonds is 2. The summed E-state index contributed by atoms with van der Waals surface area (Å²) >= 11 is 5.75. The van der Waals surface area contributed by atoms with E-state index >= 15 is 0 Å². The summed E-state index contributed by atoms with van der Waals surface area (Å²) in [6.45, 7) is 3.79. The largest absolute Gasteiger partial charge is 0.465 e. The zero-order valence-electron chi connectivity index (χ0n) is 9.64. The predicted molar refractivity (Wildman–Crippen MR) is 64.3 cm³/mol. The van der Waals surface area contributed by atoms with Gasteiger partial charge in [-0.15, -0.1) is 0 Å². The highest BCUT2D eigenvalue weighted by Crippen LogP contribution is 2.19. The van der Waals surface area contributed by atoms with Crippen LogP contribution in [0.2, 0.25) is 5.02 Å². The van der Waals surface area contributed by atoms with Gasteiger partial charge in [-0.1, -0.05) is 23.4 Å². The van der Waals surface area contributed by atoms with E-state index in [1.807, 2.05) is 0 Å². The standard InChI is InChI=1S/C13H12ClFO2/c1-3-17-13(16)6-4-5-10-7-9(2)11(14)8-12(10)15/h7-8H,3,6H2,1-2H3. The Labute approximate surface area is 105 Å². The van der Waals surface area contributed by atoms with Crippen LogP contribution in [-0.2, 0) is 9.53 Å². The van der Waals surface area contributed by atoms with E-state index in [-0.39, 0.29) is 12.0 Å². The second-order valence-electron chi connectivity index (χ2n) is 3.36. The first-order valence-corrected chi connectivity index (χ1v) is 5.52. The van der Waals surface area contributed by atoms with Gasteiger partial charge in [-0.05, 0) is 31.5 Å². The molecule has 0 saturated carbocycles. The first-order valence-electron chi connectivity index (χ1n) is 5.14. The van der Waals surface area contributed by atoms with E-state index < -0.39 is 11.8 Å². The highest BCUT2D eigenvalue weighted by molar-refractivity contribution is 6.31. The van der Waals surface area contributed by atoms with Crippen LogP contribution in [0.1, 0.15) is 24.5 Å². The zero-order chi connectivity index (χ0) is 12.8. The lowest BCUT2D eigenvalue weighted by molar-refractivity contribution is -0.141. The van der Waals surface area contributed by atoms with Crippen molar-refractivity contribution >= 4 is 17.6 Å². The Morgan fingerprint density at radius 1 is 1.53 bits per heavy atom. The van der Waals surface area contributed by atoms with Gasteiger partial charge in [0.25, 0.3) is 0 Å². The molecule has 4 heteroatoms. The Morgan fingerprint density at radius 3 is 2.88 bits per heavy atom. The monoisotopic (exact) mass is 254 g/mol. The molecule has 0 aliphatic rings. The van der Waals surface area contributed by atoms with Gasteiger partial charge in [0.1, 0.15) is 12.2 Å². The predicted octanol–water partition coefficient (Wildman–Crippen LogP) is 3.09. The summed E-state index contributed by atoms with van der Waals surface area (Å²) in [5, 5.41) is 0.360. The quantitative estimate of drug-likeness (QED) is 0.599. The molecular formula is C13H12ClFO2. The fourth-order valence-electron chi connectivity index (χ4n) is 1.18. The third-order valence-corrected chi connectivity index (χ3v) is 2.42. The molecule has 0 unspecified atom stereocenters. The van der Waals surface area contributed by atoms with Crippen LogP contribution in [-0.4, -0.2) is 12.6 Å². The lowest BCUT2D eigenvalue weighted by atomic mass is 10.1. The molecule has 17 heavy (non-hydrogen) atoms. The first-order chi connectivity index (χ1) is 8.04. The SMILES string of the molecule is CCOC(=O)CC#Cc1cc(C)c(Cl)cc1F. The minimum atomic E-state index is -0.489. The molecular weight excluding hydrogens is 243 g/mol. The molecule has 0 saturated heterocycles. The number of ether oxygens (including phenoxy) is 1. The number of esters is 1. The third-order valence-electron chi connectivity index (χ3n) is 2.01. The van der Waals surface area contributed by atoms with Crippen molar-refractivity contribution in [3.8, 4) is 11.8 Å². The van der Waals surface area contributed by atoms with E-state index in [0.29, 0.717) is 11.6 Å². The fraction of sp³-hybridized carbons (Fsp3) is 0.308. The summed E-state index contributed by atoms with van der Waals surface area (Å²) in [6, 6.07) is 2.76. The zero-order valence-corrected chi connectivity index (χ0v) is 10.4. The minimum absolute atomic E-state index is 0.0467. The van der Waals surface area contributed by atoms with Crippen LogP contribution in [0.4, 0.5) is 4.39 Å². The molecule has 1 aromatic rings. The van der Waals surface area contributed by atoms with E-state index in [0.717, 1.165) is 5.56 Å². The fourth-order valence-corrected chi connectivity index (χ4v) is 1.33. The molecule has 0 amide bonds. The number of halogens is 2. The van der Waals surface area contributed by atoms with Crippen LogP contribution in [0.25, 0.3) is 0 Å². The molecule has 90 valence electrons. The van der Waals surface area contributed by atoms with Crippen molar-refractivity contribution in [2.45, 2.75) is 20.3 Å². The average Bonchev–Trinajstić information content (AvgIpc) is 2.26. The molecule has 0 aliphatic carbocycles. The Hall–Kier alpha value is -1.53. The average molecular weight is 255 g/mol. The van der Waals surface area contributed by atoms with Gasteiger partial charge >= 0.3 is 5.97 Å². The van der Waals surface area contributed by atoms with Gasteiger partial charge in [0, 0.05) is 5.02 Å². The van der Waals surface area contributed by atoms with E-state index in [1.165, 1.54) is 6.07 Å². The van der Waals surface area contributed by atoms with Gasteiger partial charge in [0.2, 0.25) is 0 Å². The molecule has 0 N–H and O–H groups in total. The summed E-state index contributed by atoms with van der Waals surface area (Å²) in [5.74, 6) is 4.25. The highest BCUT2D eigenvalue weighted by atomic mass is 35.5. The van der Waals surface area contributed by atoms with Crippen molar-refractivity contribution in [2.75, 3.05) is 6.61 Å². The van der Waals surface area contributed by atoms with Crippen molar-refractivity contribution in [3.05, 3.63) is 34.1 Å². The molecule has 2 nitrogen and oxygen atoms in total. The van der Waals surface area contributed by atoms with Crippen molar-refractivity contribution in [3.63, 3.8) is 0 Å². The van der Waals surface area contributed by atoms with Crippen LogP contribution >= 0.6 is 11.6 Å². The molecule has 1 aromatic carbocycles. The second-order valence-corrected chi connectivity index (χ2v) is 3.77. The number of benzene rings is 1. The van der Waals surface area contributed by atoms with E-state index in [1.54, 1.807) is 19.9 Å². The molecule has 0 spiro atoms. The van der Waals surface area contributed by atoms with Crippen LogP contribution in [0, 0.1) is 24.6 Å². The van der Waals surface area contributed by atoms with Gasteiger partial charge in [0.15, 0.2) is 0 Å². The van der Waals surface area contributed by atoms with Crippen LogP contribution in [0.5, 0.6) is 0 Å².